The minimum Gasteiger partial charge on any atom is -0.0648 e. The van der Waals surface area contributed by atoms with Crippen LogP contribution in [0.4, 0.5) is 0 Å². The van der Waals surface area contributed by atoms with E-state index in [1.807, 2.05) is 0 Å². The highest BCUT2D eigenvalue weighted by atomic mass is 14.3. The summed E-state index contributed by atoms with van der Waals surface area (Å²) < 4.78 is 0. The van der Waals surface area contributed by atoms with E-state index in [-0.39, 0.29) is 5.41 Å². The van der Waals surface area contributed by atoms with E-state index in [0.717, 1.165) is 6.42 Å². The van der Waals surface area contributed by atoms with E-state index in [4.69, 9.17) is 0 Å². The van der Waals surface area contributed by atoms with Gasteiger partial charge in [0.25, 0.3) is 0 Å². The Bertz CT molecular complexity index is 727. The monoisotopic (exact) mass is 304 g/mol. The molecule has 0 fully saturated rings. The Balaban J connectivity index is 2.23. The quantitative estimate of drug-likeness (QED) is 0.581. The highest BCUT2D eigenvalue weighted by molar-refractivity contribution is 5.83. The van der Waals surface area contributed by atoms with E-state index in [2.05, 4.69) is 83.2 Å². The van der Waals surface area contributed by atoms with Crippen molar-refractivity contribution in [2.75, 3.05) is 0 Å². The van der Waals surface area contributed by atoms with Crippen molar-refractivity contribution in [3.05, 3.63) is 64.7 Å². The van der Waals surface area contributed by atoms with E-state index >= 15 is 0 Å². The van der Waals surface area contributed by atoms with Crippen molar-refractivity contribution < 1.29 is 0 Å². The first-order chi connectivity index (χ1) is 10.9. The lowest BCUT2D eigenvalue weighted by molar-refractivity contribution is 0.498. The summed E-state index contributed by atoms with van der Waals surface area (Å²) in [5.74, 6) is 0.586. The number of benzene rings is 2. The fraction of sp³-hybridized carbons (Fsp3) is 0.391. The lowest BCUT2D eigenvalue weighted by Gasteiger charge is -2.20. The van der Waals surface area contributed by atoms with Crippen molar-refractivity contribution >= 4 is 6.08 Å². The van der Waals surface area contributed by atoms with E-state index in [1.54, 1.807) is 5.57 Å². The zero-order valence-corrected chi connectivity index (χ0v) is 15.1. The Hall–Kier alpha value is -1.82. The van der Waals surface area contributed by atoms with Crippen LogP contribution in [0.1, 0.15) is 63.6 Å². The average Bonchev–Trinajstić information content (AvgIpc) is 2.98. The van der Waals surface area contributed by atoms with Gasteiger partial charge in [0.15, 0.2) is 0 Å². The second-order valence-corrected chi connectivity index (χ2v) is 7.87. The first kappa shape index (κ1) is 16.1. The van der Waals surface area contributed by atoms with Gasteiger partial charge in [-0.1, -0.05) is 88.7 Å². The van der Waals surface area contributed by atoms with E-state index < -0.39 is 0 Å². The molecule has 1 atom stereocenters. The van der Waals surface area contributed by atoms with Crippen molar-refractivity contribution in [3.63, 3.8) is 0 Å². The van der Waals surface area contributed by atoms with Crippen LogP contribution in [-0.2, 0) is 6.42 Å². The molecule has 0 nitrogen and oxygen atoms in total. The molecule has 0 N–H and O–H groups in total. The third kappa shape index (κ3) is 3.00. The van der Waals surface area contributed by atoms with Gasteiger partial charge in [0.1, 0.15) is 0 Å². The second kappa shape index (κ2) is 6.00. The van der Waals surface area contributed by atoms with Gasteiger partial charge in [-0.25, -0.2) is 0 Å². The molecule has 1 aliphatic rings. The summed E-state index contributed by atoms with van der Waals surface area (Å²) >= 11 is 0. The van der Waals surface area contributed by atoms with Crippen LogP contribution in [0.2, 0.25) is 0 Å². The molecule has 1 unspecified atom stereocenters. The fourth-order valence-corrected chi connectivity index (χ4v) is 3.47. The first-order valence-electron chi connectivity index (χ1n) is 8.84. The van der Waals surface area contributed by atoms with Gasteiger partial charge in [-0.05, 0) is 52.0 Å². The molecule has 0 saturated carbocycles. The summed E-state index contributed by atoms with van der Waals surface area (Å²) in [4.78, 5) is 0. The van der Waals surface area contributed by atoms with Crippen molar-refractivity contribution in [1.82, 2.24) is 0 Å². The molecule has 0 heterocycles. The molecule has 0 heteroatoms. The van der Waals surface area contributed by atoms with Crippen LogP contribution in [-0.4, -0.2) is 0 Å². The Morgan fingerprint density at radius 3 is 2.30 bits per heavy atom. The molecule has 120 valence electrons. The first-order valence-corrected chi connectivity index (χ1v) is 8.84. The number of hydrogen-bond donors (Lipinski definition) is 0. The summed E-state index contributed by atoms with van der Waals surface area (Å²) in [5, 5.41) is 0. The Morgan fingerprint density at radius 1 is 1.00 bits per heavy atom. The SMILES string of the molecule is CCC(C)c1ccc2c(c1-c1ccccc1)C=C(C(C)(C)C)C2. The molecule has 23 heavy (non-hydrogen) atoms. The number of rotatable bonds is 3. The van der Waals surface area contributed by atoms with Gasteiger partial charge >= 0.3 is 0 Å². The summed E-state index contributed by atoms with van der Waals surface area (Å²) in [6, 6.07) is 15.6. The molecule has 0 aromatic heterocycles. The zero-order chi connectivity index (χ0) is 16.6. The van der Waals surface area contributed by atoms with Gasteiger partial charge in [0.05, 0.1) is 0 Å². The van der Waals surface area contributed by atoms with Crippen LogP contribution in [0.3, 0.4) is 0 Å². The predicted octanol–water partition coefficient (Wildman–Crippen LogP) is 6.85. The molecule has 0 aliphatic heterocycles. The average molecular weight is 304 g/mol. The standard InChI is InChI=1S/C23H28/c1-6-16(2)20-13-12-18-14-19(23(3,4)5)15-21(18)22(20)17-10-8-7-9-11-17/h7-13,15-16H,6,14H2,1-5H3. The van der Waals surface area contributed by atoms with Gasteiger partial charge < -0.3 is 0 Å². The molecule has 2 aromatic rings. The van der Waals surface area contributed by atoms with Crippen LogP contribution in [0.5, 0.6) is 0 Å². The highest BCUT2D eigenvalue weighted by Gasteiger charge is 2.26. The molecule has 1 aliphatic carbocycles. The molecule has 0 bridgehead atoms. The van der Waals surface area contributed by atoms with Gasteiger partial charge in [-0.2, -0.15) is 0 Å². The molecule has 0 saturated heterocycles. The number of hydrogen-bond acceptors (Lipinski definition) is 0. The van der Waals surface area contributed by atoms with E-state index in [1.165, 1.54) is 34.2 Å². The van der Waals surface area contributed by atoms with Crippen molar-refractivity contribution in [2.24, 2.45) is 5.41 Å². The van der Waals surface area contributed by atoms with Crippen LogP contribution in [0.25, 0.3) is 17.2 Å². The maximum Gasteiger partial charge on any atom is -0.00523 e. The van der Waals surface area contributed by atoms with Crippen molar-refractivity contribution in [2.45, 2.75) is 53.4 Å². The zero-order valence-electron chi connectivity index (χ0n) is 15.1. The lowest BCUT2D eigenvalue weighted by atomic mass is 9.85. The summed E-state index contributed by atoms with van der Waals surface area (Å²) in [5.41, 5.74) is 9.03. The van der Waals surface area contributed by atoms with Gasteiger partial charge in [-0.15, -0.1) is 0 Å². The van der Waals surface area contributed by atoms with Crippen LogP contribution in [0.15, 0.2) is 48.0 Å². The minimum atomic E-state index is 0.240. The normalized spacial score (nSPS) is 15.3. The van der Waals surface area contributed by atoms with Crippen LogP contribution >= 0.6 is 0 Å². The maximum atomic E-state index is 2.46. The highest BCUT2D eigenvalue weighted by Crippen LogP contribution is 2.43. The topological polar surface area (TPSA) is 0 Å². The molecule has 0 amide bonds. The molecule has 0 spiro atoms. The predicted molar refractivity (Wildman–Crippen MR) is 102 cm³/mol. The third-order valence-corrected chi connectivity index (χ3v) is 5.24. The van der Waals surface area contributed by atoms with Crippen molar-refractivity contribution in [3.8, 4) is 11.1 Å². The maximum absolute atomic E-state index is 2.46. The molecular formula is C23H28. The van der Waals surface area contributed by atoms with E-state index in [0.29, 0.717) is 5.92 Å². The summed E-state index contributed by atoms with van der Waals surface area (Å²) in [6.45, 7) is 11.6. The van der Waals surface area contributed by atoms with Crippen LogP contribution in [0, 0.1) is 5.41 Å². The number of allylic oxidation sites excluding steroid dienone is 1. The molecular weight excluding hydrogens is 276 g/mol. The Kier molecular flexibility index (Phi) is 4.19. The van der Waals surface area contributed by atoms with Crippen LogP contribution < -0.4 is 0 Å². The Morgan fingerprint density at radius 2 is 1.70 bits per heavy atom. The number of fused-ring (bicyclic) bond motifs is 1. The summed E-state index contributed by atoms with van der Waals surface area (Å²) in [7, 11) is 0. The van der Waals surface area contributed by atoms with Gasteiger partial charge in [-0.3, -0.25) is 0 Å². The lowest BCUT2D eigenvalue weighted by Crippen LogP contribution is -2.08. The van der Waals surface area contributed by atoms with Gasteiger partial charge in [0.2, 0.25) is 0 Å². The minimum absolute atomic E-state index is 0.240. The Labute approximate surface area is 141 Å². The van der Waals surface area contributed by atoms with Crippen molar-refractivity contribution in [1.29, 1.82) is 0 Å². The fourth-order valence-electron chi connectivity index (χ4n) is 3.47. The van der Waals surface area contributed by atoms with E-state index in [9.17, 15) is 0 Å². The molecule has 2 aromatic carbocycles. The smallest absolute Gasteiger partial charge is 0.00523 e. The third-order valence-electron chi connectivity index (χ3n) is 5.24. The second-order valence-electron chi connectivity index (χ2n) is 7.87. The largest absolute Gasteiger partial charge is 0.0648 e. The molecule has 3 rings (SSSR count). The van der Waals surface area contributed by atoms with Gasteiger partial charge in [0, 0.05) is 0 Å². The molecule has 0 radical (unpaired) electrons. The summed E-state index contributed by atoms with van der Waals surface area (Å²) in [6.07, 6.45) is 4.73.